The summed E-state index contributed by atoms with van der Waals surface area (Å²) in [6, 6.07) is 13.9. The van der Waals surface area contributed by atoms with Gasteiger partial charge in [0.25, 0.3) is 0 Å². The van der Waals surface area contributed by atoms with Crippen LogP contribution < -0.4 is 15.5 Å². The number of rotatable bonds is 8. The van der Waals surface area contributed by atoms with Gasteiger partial charge in [0.1, 0.15) is 0 Å². The van der Waals surface area contributed by atoms with Crippen LogP contribution in [0.5, 0.6) is 0 Å². The maximum absolute atomic E-state index is 11.9. The average molecular weight is 400 g/mol. The first-order chi connectivity index (χ1) is 13.4. The van der Waals surface area contributed by atoms with Crippen LogP contribution in [-0.2, 0) is 4.74 Å². The molecule has 2 aromatic carbocycles. The molecule has 0 amide bonds. The number of carbonyl (C=O) groups is 1. The minimum Gasteiger partial charge on any atom is -0.462 e. The van der Waals surface area contributed by atoms with Crippen molar-refractivity contribution in [2.75, 3.05) is 36.5 Å². The zero-order valence-corrected chi connectivity index (χ0v) is 17.9. The van der Waals surface area contributed by atoms with Crippen LogP contribution in [0.1, 0.15) is 35.3 Å². The van der Waals surface area contributed by atoms with Crippen LogP contribution in [-0.4, -0.2) is 37.3 Å². The first-order valence-corrected chi connectivity index (χ1v) is 9.99. The van der Waals surface area contributed by atoms with E-state index in [0.29, 0.717) is 23.8 Å². The van der Waals surface area contributed by atoms with Gasteiger partial charge in [0.05, 0.1) is 12.2 Å². The third-order valence-electron chi connectivity index (χ3n) is 4.45. The molecule has 0 spiro atoms. The van der Waals surface area contributed by atoms with Gasteiger partial charge in [0, 0.05) is 31.0 Å². The lowest BCUT2D eigenvalue weighted by atomic mass is 10.1. The Morgan fingerprint density at radius 1 is 1.11 bits per heavy atom. The topological polar surface area (TPSA) is 53.6 Å². The summed E-state index contributed by atoms with van der Waals surface area (Å²) in [7, 11) is 0. The second kappa shape index (κ2) is 10.7. The molecule has 2 aromatic rings. The Kier molecular flexibility index (Phi) is 8.26. The molecule has 6 heteroatoms. The number of anilines is 2. The van der Waals surface area contributed by atoms with E-state index in [1.807, 2.05) is 13.0 Å². The predicted octanol–water partition coefficient (Wildman–Crippen LogP) is 4.29. The van der Waals surface area contributed by atoms with E-state index >= 15 is 0 Å². The number of nitrogens with zero attached hydrogens (tertiary/aromatic N) is 1. The van der Waals surface area contributed by atoms with Crippen molar-refractivity contribution in [1.29, 1.82) is 0 Å². The number of hydrogen-bond donors (Lipinski definition) is 2. The zero-order chi connectivity index (χ0) is 20.5. The van der Waals surface area contributed by atoms with Crippen LogP contribution >= 0.6 is 12.2 Å². The van der Waals surface area contributed by atoms with Gasteiger partial charge in [-0.25, -0.2) is 4.79 Å². The number of carbonyl (C=O) groups excluding carboxylic acids is 1. The van der Waals surface area contributed by atoms with E-state index in [1.165, 1.54) is 11.3 Å². The summed E-state index contributed by atoms with van der Waals surface area (Å²) in [5.74, 6) is -0.332. The molecule has 0 bridgehead atoms. The summed E-state index contributed by atoms with van der Waals surface area (Å²) in [6.45, 7) is 10.8. The molecule has 0 heterocycles. The highest BCUT2D eigenvalue weighted by Gasteiger charge is 2.10. The van der Waals surface area contributed by atoms with E-state index in [-0.39, 0.29) is 5.97 Å². The molecule has 2 N–H and O–H groups in total. The van der Waals surface area contributed by atoms with Crippen molar-refractivity contribution in [2.45, 2.75) is 27.7 Å². The summed E-state index contributed by atoms with van der Waals surface area (Å²) in [5.41, 5.74) is 4.77. The van der Waals surface area contributed by atoms with Gasteiger partial charge in [0.2, 0.25) is 0 Å². The molecule has 2 rings (SSSR count). The fraction of sp³-hybridized carbons (Fsp3) is 0.364. The standard InChI is InChI=1S/C22H29N3O2S/c1-5-25(19-11-7-16(3)8-12-19)14-13-23-22(28)24-20-15-18(10-9-17(20)4)21(26)27-6-2/h7-12,15H,5-6,13-14H2,1-4H3,(H2,23,24,28). The van der Waals surface area contributed by atoms with Gasteiger partial charge in [-0.05, 0) is 69.7 Å². The molecular formula is C22H29N3O2S. The monoisotopic (exact) mass is 399 g/mol. The first kappa shape index (κ1) is 21.7. The van der Waals surface area contributed by atoms with E-state index in [1.54, 1.807) is 19.1 Å². The highest BCUT2D eigenvalue weighted by molar-refractivity contribution is 7.80. The second-order valence-corrected chi connectivity index (χ2v) is 6.95. The summed E-state index contributed by atoms with van der Waals surface area (Å²) in [4.78, 5) is 14.2. The van der Waals surface area contributed by atoms with Gasteiger partial charge in [-0.15, -0.1) is 0 Å². The summed E-state index contributed by atoms with van der Waals surface area (Å²) in [6.07, 6.45) is 0. The number of hydrogen-bond acceptors (Lipinski definition) is 4. The number of likely N-dealkylation sites (N-methyl/N-ethyl adjacent to an activating group) is 1. The molecule has 0 saturated carbocycles. The van der Waals surface area contributed by atoms with Crippen LogP contribution in [0.15, 0.2) is 42.5 Å². The number of benzene rings is 2. The highest BCUT2D eigenvalue weighted by atomic mass is 32.1. The molecule has 0 unspecified atom stereocenters. The van der Waals surface area contributed by atoms with Crippen LogP contribution in [0, 0.1) is 13.8 Å². The van der Waals surface area contributed by atoms with Crippen molar-refractivity contribution in [3.8, 4) is 0 Å². The average Bonchev–Trinajstić information content (AvgIpc) is 2.68. The molecule has 0 aliphatic heterocycles. The van der Waals surface area contributed by atoms with Gasteiger partial charge in [0.15, 0.2) is 5.11 Å². The van der Waals surface area contributed by atoms with Crippen LogP contribution in [0.3, 0.4) is 0 Å². The quantitative estimate of drug-likeness (QED) is 0.510. The zero-order valence-electron chi connectivity index (χ0n) is 17.0. The first-order valence-electron chi connectivity index (χ1n) is 9.58. The van der Waals surface area contributed by atoms with Crippen molar-refractivity contribution in [3.63, 3.8) is 0 Å². The number of ether oxygens (including phenoxy) is 1. The van der Waals surface area contributed by atoms with E-state index in [9.17, 15) is 4.79 Å². The number of esters is 1. The molecular weight excluding hydrogens is 370 g/mol. The smallest absolute Gasteiger partial charge is 0.338 e. The van der Waals surface area contributed by atoms with Crippen LogP contribution in [0.2, 0.25) is 0 Å². The molecule has 150 valence electrons. The highest BCUT2D eigenvalue weighted by Crippen LogP contribution is 2.18. The molecule has 0 saturated heterocycles. The van der Waals surface area contributed by atoms with Crippen molar-refractivity contribution in [1.82, 2.24) is 5.32 Å². The van der Waals surface area contributed by atoms with Crippen molar-refractivity contribution in [2.24, 2.45) is 0 Å². The van der Waals surface area contributed by atoms with Crippen molar-refractivity contribution >= 4 is 34.7 Å². The molecule has 5 nitrogen and oxygen atoms in total. The maximum atomic E-state index is 11.9. The third-order valence-corrected chi connectivity index (χ3v) is 4.69. The van der Waals surface area contributed by atoms with Gasteiger partial charge in [-0.2, -0.15) is 0 Å². The minimum absolute atomic E-state index is 0.332. The molecule has 0 aliphatic carbocycles. The van der Waals surface area contributed by atoms with E-state index in [2.05, 4.69) is 53.6 Å². The fourth-order valence-electron chi connectivity index (χ4n) is 2.79. The summed E-state index contributed by atoms with van der Waals surface area (Å²) < 4.78 is 5.06. The van der Waals surface area contributed by atoms with E-state index in [0.717, 1.165) is 24.3 Å². The molecule has 0 radical (unpaired) electrons. The molecule has 0 atom stereocenters. The van der Waals surface area contributed by atoms with Gasteiger partial charge in [-0.3, -0.25) is 0 Å². The lowest BCUT2D eigenvalue weighted by Gasteiger charge is -2.24. The Bertz CT molecular complexity index is 806. The Balaban J connectivity index is 1.90. The van der Waals surface area contributed by atoms with Crippen LogP contribution in [0.25, 0.3) is 0 Å². The van der Waals surface area contributed by atoms with Gasteiger partial charge in [-0.1, -0.05) is 23.8 Å². The van der Waals surface area contributed by atoms with E-state index in [4.69, 9.17) is 17.0 Å². The Labute approximate surface area is 173 Å². The number of aryl methyl sites for hydroxylation is 2. The minimum atomic E-state index is -0.332. The SMILES string of the molecule is CCOC(=O)c1ccc(C)c(NC(=S)NCCN(CC)c2ccc(C)cc2)c1. The second-order valence-electron chi connectivity index (χ2n) is 6.55. The lowest BCUT2D eigenvalue weighted by Crippen LogP contribution is -2.37. The lowest BCUT2D eigenvalue weighted by molar-refractivity contribution is 0.0526. The maximum Gasteiger partial charge on any atom is 0.338 e. The van der Waals surface area contributed by atoms with Crippen LogP contribution in [0.4, 0.5) is 11.4 Å². The molecule has 0 fully saturated rings. The third kappa shape index (κ3) is 6.23. The fourth-order valence-corrected chi connectivity index (χ4v) is 3.01. The molecule has 28 heavy (non-hydrogen) atoms. The number of nitrogens with one attached hydrogen (secondary N) is 2. The predicted molar refractivity (Wildman–Crippen MR) is 120 cm³/mol. The Morgan fingerprint density at radius 2 is 1.82 bits per heavy atom. The van der Waals surface area contributed by atoms with Crippen molar-refractivity contribution in [3.05, 3.63) is 59.2 Å². The normalized spacial score (nSPS) is 10.3. The Morgan fingerprint density at radius 3 is 2.46 bits per heavy atom. The summed E-state index contributed by atoms with van der Waals surface area (Å²) >= 11 is 5.42. The van der Waals surface area contributed by atoms with Crippen molar-refractivity contribution < 1.29 is 9.53 Å². The number of thiocarbonyl (C=S) groups is 1. The Hall–Kier alpha value is -2.60. The molecule has 0 aliphatic rings. The van der Waals surface area contributed by atoms with Gasteiger partial charge >= 0.3 is 5.97 Å². The van der Waals surface area contributed by atoms with Gasteiger partial charge < -0.3 is 20.3 Å². The van der Waals surface area contributed by atoms with E-state index < -0.39 is 0 Å². The summed E-state index contributed by atoms with van der Waals surface area (Å²) in [5, 5.41) is 6.95. The molecule has 0 aromatic heterocycles. The largest absolute Gasteiger partial charge is 0.462 e.